The second-order valence-electron chi connectivity index (χ2n) is 5.10. The Hall–Kier alpha value is -0.0800. The Bertz CT molecular complexity index is 177. The number of rotatable bonds is 2. The minimum Gasteiger partial charge on any atom is -0.392 e. The molecule has 1 heterocycles. The van der Waals surface area contributed by atoms with Gasteiger partial charge in [0.25, 0.3) is 0 Å². The normalized spacial score (nSPS) is 36.4. The summed E-state index contributed by atoms with van der Waals surface area (Å²) in [6.07, 6.45) is 7.79. The highest BCUT2D eigenvalue weighted by atomic mass is 16.3. The van der Waals surface area contributed by atoms with Crippen molar-refractivity contribution < 1.29 is 5.11 Å². The van der Waals surface area contributed by atoms with Crippen LogP contribution in [0.3, 0.4) is 0 Å². The fourth-order valence-electron chi connectivity index (χ4n) is 2.97. The van der Waals surface area contributed by atoms with Gasteiger partial charge in [0.15, 0.2) is 0 Å². The molecule has 2 atom stereocenters. The van der Waals surface area contributed by atoms with Gasteiger partial charge in [-0.2, -0.15) is 0 Å². The first-order chi connectivity index (χ1) is 6.77. The third kappa shape index (κ3) is 2.29. The van der Waals surface area contributed by atoms with Gasteiger partial charge in [0, 0.05) is 12.6 Å². The lowest BCUT2D eigenvalue weighted by atomic mass is 9.98. The van der Waals surface area contributed by atoms with E-state index in [0.29, 0.717) is 6.04 Å². The van der Waals surface area contributed by atoms with Crippen LogP contribution in [0.1, 0.15) is 45.4 Å². The molecule has 0 amide bonds. The zero-order chi connectivity index (χ0) is 9.97. The van der Waals surface area contributed by atoms with E-state index >= 15 is 0 Å². The number of likely N-dealkylation sites (tertiary alicyclic amines) is 1. The van der Waals surface area contributed by atoms with Crippen LogP contribution in [0.25, 0.3) is 0 Å². The predicted molar refractivity (Wildman–Crippen MR) is 58.2 cm³/mol. The lowest BCUT2D eigenvalue weighted by Crippen LogP contribution is -2.47. The zero-order valence-corrected chi connectivity index (χ0v) is 9.28. The summed E-state index contributed by atoms with van der Waals surface area (Å²) >= 11 is 0. The third-order valence-electron chi connectivity index (χ3n) is 4.05. The van der Waals surface area contributed by atoms with Crippen LogP contribution in [0.5, 0.6) is 0 Å². The van der Waals surface area contributed by atoms with Crippen molar-refractivity contribution in [2.45, 2.75) is 57.6 Å². The van der Waals surface area contributed by atoms with E-state index in [4.69, 9.17) is 0 Å². The van der Waals surface area contributed by atoms with Crippen LogP contribution in [0.2, 0.25) is 0 Å². The summed E-state index contributed by atoms with van der Waals surface area (Å²) in [5.41, 5.74) is 0. The highest BCUT2D eigenvalue weighted by Gasteiger charge is 2.28. The van der Waals surface area contributed by atoms with Gasteiger partial charge >= 0.3 is 0 Å². The van der Waals surface area contributed by atoms with Crippen molar-refractivity contribution >= 4 is 0 Å². The molecule has 0 aromatic heterocycles. The van der Waals surface area contributed by atoms with E-state index in [1.807, 2.05) is 0 Å². The van der Waals surface area contributed by atoms with Gasteiger partial charge < -0.3 is 5.11 Å². The first kappa shape index (κ1) is 10.4. The van der Waals surface area contributed by atoms with Gasteiger partial charge in [-0.15, -0.1) is 0 Å². The highest BCUT2D eigenvalue weighted by molar-refractivity contribution is 4.83. The second kappa shape index (κ2) is 4.63. The topological polar surface area (TPSA) is 23.5 Å². The molecule has 1 saturated carbocycles. The molecule has 82 valence electrons. The lowest BCUT2D eigenvalue weighted by Gasteiger charge is -2.38. The van der Waals surface area contributed by atoms with E-state index in [1.54, 1.807) is 0 Å². The Kier molecular flexibility index (Phi) is 3.45. The molecule has 1 aliphatic heterocycles. The van der Waals surface area contributed by atoms with Crippen molar-refractivity contribution in [3.05, 3.63) is 0 Å². The van der Waals surface area contributed by atoms with Crippen molar-refractivity contribution in [2.24, 2.45) is 5.92 Å². The molecule has 0 aromatic carbocycles. The summed E-state index contributed by atoms with van der Waals surface area (Å²) in [5.74, 6) is 0.919. The minimum absolute atomic E-state index is 0.0786. The van der Waals surface area contributed by atoms with Gasteiger partial charge in [-0.25, -0.2) is 0 Å². The molecule has 2 unspecified atom stereocenters. The Morgan fingerprint density at radius 1 is 1.14 bits per heavy atom. The molecule has 0 bridgehead atoms. The number of hydrogen-bond donors (Lipinski definition) is 1. The van der Waals surface area contributed by atoms with Gasteiger partial charge in [0.1, 0.15) is 0 Å². The quantitative estimate of drug-likeness (QED) is 0.732. The first-order valence-electron chi connectivity index (χ1n) is 6.19. The number of hydrogen-bond acceptors (Lipinski definition) is 2. The van der Waals surface area contributed by atoms with Crippen molar-refractivity contribution in [2.75, 3.05) is 13.1 Å². The molecule has 2 nitrogen and oxygen atoms in total. The molecular formula is C12H23NO. The van der Waals surface area contributed by atoms with E-state index < -0.39 is 0 Å². The largest absolute Gasteiger partial charge is 0.392 e. The average Bonchev–Trinajstić information content (AvgIpc) is 2.66. The smallest absolute Gasteiger partial charge is 0.0693 e. The molecule has 2 fully saturated rings. The molecule has 2 aliphatic rings. The number of aliphatic hydroxyl groups excluding tert-OH is 1. The molecule has 0 aromatic rings. The van der Waals surface area contributed by atoms with Gasteiger partial charge in [0.2, 0.25) is 0 Å². The van der Waals surface area contributed by atoms with E-state index in [0.717, 1.165) is 12.3 Å². The highest BCUT2D eigenvalue weighted by Crippen LogP contribution is 2.28. The van der Waals surface area contributed by atoms with E-state index in [1.165, 1.54) is 45.2 Å². The van der Waals surface area contributed by atoms with Gasteiger partial charge in [0.05, 0.1) is 6.10 Å². The summed E-state index contributed by atoms with van der Waals surface area (Å²) in [4.78, 5) is 2.50. The van der Waals surface area contributed by atoms with Crippen molar-refractivity contribution in [1.29, 1.82) is 0 Å². The van der Waals surface area contributed by atoms with Crippen LogP contribution >= 0.6 is 0 Å². The maximum atomic E-state index is 9.78. The SMILES string of the molecule is CC1C(O)CCCN1CC1CCCC1. The lowest BCUT2D eigenvalue weighted by molar-refractivity contribution is 0.0126. The van der Waals surface area contributed by atoms with Crippen LogP contribution in [-0.2, 0) is 0 Å². The Balaban J connectivity index is 1.83. The average molecular weight is 197 g/mol. The maximum absolute atomic E-state index is 9.78. The molecule has 14 heavy (non-hydrogen) atoms. The fourth-order valence-corrected chi connectivity index (χ4v) is 2.97. The summed E-state index contributed by atoms with van der Waals surface area (Å²) in [5, 5.41) is 9.78. The zero-order valence-electron chi connectivity index (χ0n) is 9.28. The molecule has 1 saturated heterocycles. The second-order valence-corrected chi connectivity index (χ2v) is 5.10. The number of nitrogens with zero attached hydrogens (tertiary/aromatic N) is 1. The van der Waals surface area contributed by atoms with E-state index in [9.17, 15) is 5.11 Å². The fraction of sp³-hybridized carbons (Fsp3) is 1.00. The molecule has 1 aliphatic carbocycles. The minimum atomic E-state index is -0.0786. The third-order valence-corrected chi connectivity index (χ3v) is 4.05. The Morgan fingerprint density at radius 2 is 1.86 bits per heavy atom. The summed E-state index contributed by atoms with van der Waals surface area (Å²) in [6.45, 7) is 4.62. The molecule has 1 N–H and O–H groups in total. The predicted octanol–water partition coefficient (Wildman–Crippen LogP) is 2.02. The van der Waals surface area contributed by atoms with Gasteiger partial charge in [-0.1, -0.05) is 12.8 Å². The standard InChI is InChI=1S/C12H23NO/c1-10-12(14)7-4-8-13(10)9-11-5-2-3-6-11/h10-12,14H,2-9H2,1H3. The van der Waals surface area contributed by atoms with Crippen molar-refractivity contribution in [3.63, 3.8) is 0 Å². The van der Waals surface area contributed by atoms with Crippen LogP contribution < -0.4 is 0 Å². The Morgan fingerprint density at radius 3 is 2.57 bits per heavy atom. The monoisotopic (exact) mass is 197 g/mol. The molecule has 0 spiro atoms. The summed E-state index contributed by atoms with van der Waals surface area (Å²) in [7, 11) is 0. The maximum Gasteiger partial charge on any atom is 0.0693 e. The van der Waals surface area contributed by atoms with Crippen LogP contribution in [0.4, 0.5) is 0 Å². The van der Waals surface area contributed by atoms with E-state index in [2.05, 4.69) is 11.8 Å². The van der Waals surface area contributed by atoms with Crippen molar-refractivity contribution in [3.8, 4) is 0 Å². The number of aliphatic hydroxyl groups is 1. The van der Waals surface area contributed by atoms with Gasteiger partial charge in [-0.3, -0.25) is 4.90 Å². The summed E-state index contributed by atoms with van der Waals surface area (Å²) in [6, 6.07) is 0.393. The van der Waals surface area contributed by atoms with E-state index in [-0.39, 0.29) is 6.10 Å². The van der Waals surface area contributed by atoms with Crippen LogP contribution in [-0.4, -0.2) is 35.2 Å². The van der Waals surface area contributed by atoms with Gasteiger partial charge in [-0.05, 0) is 45.1 Å². The molecular weight excluding hydrogens is 174 g/mol. The molecule has 0 radical (unpaired) electrons. The van der Waals surface area contributed by atoms with Crippen LogP contribution in [0.15, 0.2) is 0 Å². The molecule has 2 rings (SSSR count). The summed E-state index contributed by atoms with van der Waals surface area (Å²) < 4.78 is 0. The molecule has 2 heteroatoms. The number of piperidine rings is 1. The van der Waals surface area contributed by atoms with Crippen LogP contribution in [0, 0.1) is 5.92 Å². The Labute approximate surface area is 87.3 Å². The van der Waals surface area contributed by atoms with Crippen molar-refractivity contribution in [1.82, 2.24) is 4.90 Å². The first-order valence-corrected chi connectivity index (χ1v) is 6.19.